The summed E-state index contributed by atoms with van der Waals surface area (Å²) in [6.07, 6.45) is 1.50. The van der Waals surface area contributed by atoms with E-state index in [0.29, 0.717) is 0 Å². The summed E-state index contributed by atoms with van der Waals surface area (Å²) in [4.78, 5) is 0. The van der Waals surface area contributed by atoms with E-state index in [1.807, 2.05) is 0 Å². The van der Waals surface area contributed by atoms with E-state index in [-0.39, 0.29) is 12.2 Å². The number of hydrogen-bond acceptors (Lipinski definition) is 2. The predicted molar refractivity (Wildman–Crippen MR) is 92.0 cm³/mol. The molecule has 0 aliphatic heterocycles. The lowest BCUT2D eigenvalue weighted by molar-refractivity contribution is 0.109. The Hall–Kier alpha value is 0.0869. The summed E-state index contributed by atoms with van der Waals surface area (Å²) in [5.41, 5.74) is 1.36. The summed E-state index contributed by atoms with van der Waals surface area (Å²) in [6.45, 7) is 8.39. The van der Waals surface area contributed by atoms with E-state index < -0.39 is 8.56 Å². The molecular formula is C15H25IO2Si. The van der Waals surface area contributed by atoms with Crippen molar-refractivity contribution in [3.8, 4) is 0 Å². The van der Waals surface area contributed by atoms with Crippen LogP contribution in [-0.4, -0.2) is 24.8 Å². The maximum absolute atomic E-state index is 6.23. The molecule has 0 fully saturated rings. The first kappa shape index (κ1) is 17.1. The highest BCUT2D eigenvalue weighted by Crippen LogP contribution is 2.23. The average Bonchev–Trinajstić information content (AvgIpc) is 2.36. The van der Waals surface area contributed by atoms with Crippen LogP contribution < -0.4 is 0 Å². The normalized spacial score (nSPS) is 12.4. The number of alkyl halides is 1. The van der Waals surface area contributed by atoms with Crippen LogP contribution in [0.2, 0.25) is 6.04 Å². The topological polar surface area (TPSA) is 18.5 Å². The van der Waals surface area contributed by atoms with E-state index in [0.717, 1.165) is 16.5 Å². The Morgan fingerprint density at radius 3 is 1.95 bits per heavy atom. The highest BCUT2D eigenvalue weighted by molar-refractivity contribution is 14.1. The van der Waals surface area contributed by atoms with Gasteiger partial charge in [0, 0.05) is 16.3 Å². The standard InChI is InChI=1S/C15H25IO2Si/c1-13(2)17-19(12-16,18-14(3)4)11-10-15-8-6-5-7-9-15/h5-9,13-14H,10-12H2,1-4H3. The number of rotatable bonds is 8. The Bertz CT molecular complexity index is 344. The number of aryl methyl sites for hydroxylation is 1. The lowest BCUT2D eigenvalue weighted by Gasteiger charge is -2.33. The van der Waals surface area contributed by atoms with Gasteiger partial charge in [-0.3, -0.25) is 0 Å². The first-order valence-corrected chi connectivity index (χ1v) is 10.7. The number of halogens is 1. The summed E-state index contributed by atoms with van der Waals surface area (Å²) >= 11 is 2.42. The van der Waals surface area contributed by atoms with Crippen molar-refractivity contribution in [1.29, 1.82) is 0 Å². The fraction of sp³-hybridized carbons (Fsp3) is 0.600. The molecule has 19 heavy (non-hydrogen) atoms. The second-order valence-corrected chi connectivity index (χ2v) is 10.7. The lowest BCUT2D eigenvalue weighted by atomic mass is 10.2. The summed E-state index contributed by atoms with van der Waals surface area (Å²) < 4.78 is 13.4. The minimum Gasteiger partial charge on any atom is -0.391 e. The van der Waals surface area contributed by atoms with Crippen molar-refractivity contribution in [3.63, 3.8) is 0 Å². The van der Waals surface area contributed by atoms with Crippen LogP contribution >= 0.6 is 22.6 Å². The molecule has 0 heterocycles. The largest absolute Gasteiger partial charge is 0.391 e. The number of benzene rings is 1. The number of hydrogen-bond donors (Lipinski definition) is 0. The van der Waals surface area contributed by atoms with Gasteiger partial charge in [-0.05, 0) is 45.7 Å². The molecule has 0 saturated carbocycles. The Labute approximate surface area is 132 Å². The molecule has 0 saturated heterocycles. The van der Waals surface area contributed by atoms with Crippen molar-refractivity contribution >= 4 is 31.2 Å². The third-order valence-corrected chi connectivity index (χ3v) is 9.45. The molecule has 0 aromatic heterocycles. The maximum Gasteiger partial charge on any atom is 0.348 e. The molecule has 2 nitrogen and oxygen atoms in total. The van der Waals surface area contributed by atoms with E-state index in [9.17, 15) is 0 Å². The lowest BCUT2D eigenvalue weighted by Crippen LogP contribution is -2.48. The van der Waals surface area contributed by atoms with Crippen LogP contribution in [-0.2, 0) is 15.3 Å². The molecule has 0 amide bonds. The molecule has 1 rings (SSSR count). The molecule has 0 N–H and O–H groups in total. The van der Waals surface area contributed by atoms with Crippen molar-refractivity contribution in [2.75, 3.05) is 4.05 Å². The molecule has 0 unspecified atom stereocenters. The minimum absolute atomic E-state index is 0.232. The van der Waals surface area contributed by atoms with Crippen molar-refractivity contribution < 1.29 is 8.85 Å². The van der Waals surface area contributed by atoms with Crippen molar-refractivity contribution in [2.24, 2.45) is 0 Å². The Morgan fingerprint density at radius 2 is 1.53 bits per heavy atom. The van der Waals surface area contributed by atoms with Gasteiger partial charge in [-0.1, -0.05) is 52.9 Å². The molecule has 0 radical (unpaired) electrons. The fourth-order valence-corrected chi connectivity index (χ4v) is 7.28. The molecule has 0 bridgehead atoms. The monoisotopic (exact) mass is 392 g/mol. The van der Waals surface area contributed by atoms with Crippen molar-refractivity contribution in [1.82, 2.24) is 0 Å². The van der Waals surface area contributed by atoms with E-state index >= 15 is 0 Å². The van der Waals surface area contributed by atoms with Crippen molar-refractivity contribution in [2.45, 2.75) is 52.4 Å². The van der Waals surface area contributed by atoms with Gasteiger partial charge in [0.05, 0.1) is 0 Å². The van der Waals surface area contributed by atoms with Crippen LogP contribution in [0.3, 0.4) is 0 Å². The third kappa shape index (κ3) is 6.38. The van der Waals surface area contributed by atoms with E-state index in [1.54, 1.807) is 0 Å². The highest BCUT2D eigenvalue weighted by atomic mass is 127. The van der Waals surface area contributed by atoms with Gasteiger partial charge in [0.15, 0.2) is 0 Å². The van der Waals surface area contributed by atoms with Crippen LogP contribution in [0.4, 0.5) is 0 Å². The van der Waals surface area contributed by atoms with Gasteiger partial charge in [-0.15, -0.1) is 0 Å². The van der Waals surface area contributed by atoms with Crippen molar-refractivity contribution in [3.05, 3.63) is 35.9 Å². The zero-order chi connectivity index (χ0) is 14.3. The molecule has 1 aromatic carbocycles. The molecule has 1 aromatic rings. The molecule has 0 spiro atoms. The van der Waals surface area contributed by atoms with Gasteiger partial charge in [0.25, 0.3) is 0 Å². The maximum atomic E-state index is 6.23. The first-order valence-electron chi connectivity index (χ1n) is 6.93. The van der Waals surface area contributed by atoms with Crippen LogP contribution in [0.1, 0.15) is 33.3 Å². The summed E-state index contributed by atoms with van der Waals surface area (Å²) in [7, 11) is -2.09. The molecule has 0 aliphatic rings. The quantitative estimate of drug-likeness (QED) is 0.369. The van der Waals surface area contributed by atoms with Gasteiger partial charge >= 0.3 is 8.56 Å². The molecule has 108 valence electrons. The average molecular weight is 392 g/mol. The molecular weight excluding hydrogens is 367 g/mol. The van der Waals surface area contributed by atoms with Gasteiger partial charge in [-0.25, -0.2) is 0 Å². The second kappa shape index (κ2) is 8.39. The van der Waals surface area contributed by atoms with Crippen LogP contribution in [0, 0.1) is 0 Å². The fourth-order valence-electron chi connectivity index (χ4n) is 2.11. The van der Waals surface area contributed by atoms with E-state index in [2.05, 4.69) is 80.6 Å². The summed E-state index contributed by atoms with van der Waals surface area (Å²) in [5, 5.41) is 0. The van der Waals surface area contributed by atoms with Gasteiger partial charge in [0.2, 0.25) is 0 Å². The Morgan fingerprint density at radius 1 is 1.00 bits per heavy atom. The van der Waals surface area contributed by atoms with Crippen LogP contribution in [0.5, 0.6) is 0 Å². The summed E-state index contributed by atoms with van der Waals surface area (Å²) in [5.74, 6) is 0. The Kier molecular flexibility index (Phi) is 7.57. The van der Waals surface area contributed by atoms with Gasteiger partial charge in [0.1, 0.15) is 0 Å². The Balaban J connectivity index is 2.72. The minimum atomic E-state index is -2.09. The van der Waals surface area contributed by atoms with Crippen LogP contribution in [0.25, 0.3) is 0 Å². The smallest absolute Gasteiger partial charge is 0.348 e. The molecule has 0 aliphatic carbocycles. The van der Waals surface area contributed by atoms with Crippen LogP contribution in [0.15, 0.2) is 30.3 Å². The zero-order valence-corrected chi connectivity index (χ0v) is 15.5. The highest BCUT2D eigenvalue weighted by Gasteiger charge is 2.38. The van der Waals surface area contributed by atoms with Gasteiger partial charge < -0.3 is 8.85 Å². The third-order valence-electron chi connectivity index (χ3n) is 2.74. The SMILES string of the molecule is CC(C)O[Si](CI)(CCc1ccccc1)OC(C)C. The molecule has 4 heteroatoms. The zero-order valence-electron chi connectivity index (χ0n) is 12.4. The molecule has 0 atom stereocenters. The summed E-state index contributed by atoms with van der Waals surface area (Å²) in [6, 6.07) is 11.6. The second-order valence-electron chi connectivity index (χ2n) is 5.36. The van der Waals surface area contributed by atoms with Gasteiger partial charge in [-0.2, -0.15) is 0 Å². The van der Waals surface area contributed by atoms with E-state index in [4.69, 9.17) is 8.85 Å². The first-order chi connectivity index (χ1) is 8.97. The van der Waals surface area contributed by atoms with E-state index in [1.165, 1.54) is 5.56 Å². The predicted octanol–water partition coefficient (Wildman–Crippen LogP) is 4.50.